The van der Waals surface area contributed by atoms with Crippen molar-refractivity contribution < 1.29 is 10.0 Å². The standard InChI is InChI=1S/C11H12N4O2/c16-11(13-17)10-8-15(14-12-10)7-6-9-4-2-1-3-5-9/h1-5,8,17H,6-7H2,(H,13,16). The summed E-state index contributed by atoms with van der Waals surface area (Å²) in [6.07, 6.45) is 2.30. The Morgan fingerprint density at radius 1 is 1.35 bits per heavy atom. The molecule has 0 radical (unpaired) electrons. The fourth-order valence-corrected chi connectivity index (χ4v) is 1.46. The first kappa shape index (κ1) is 11.3. The van der Waals surface area contributed by atoms with Gasteiger partial charge in [0.05, 0.1) is 6.20 Å². The van der Waals surface area contributed by atoms with Gasteiger partial charge in [-0.2, -0.15) is 0 Å². The number of hydroxylamine groups is 1. The Kier molecular flexibility index (Phi) is 3.46. The minimum atomic E-state index is -0.657. The Balaban J connectivity index is 1.96. The number of rotatable bonds is 4. The molecule has 0 aliphatic rings. The molecule has 1 aromatic heterocycles. The van der Waals surface area contributed by atoms with Crippen molar-refractivity contribution in [3.63, 3.8) is 0 Å². The molecule has 88 valence electrons. The number of benzene rings is 1. The minimum absolute atomic E-state index is 0.0977. The van der Waals surface area contributed by atoms with Crippen LogP contribution in [0.25, 0.3) is 0 Å². The van der Waals surface area contributed by atoms with Gasteiger partial charge in [-0.15, -0.1) is 5.10 Å². The minimum Gasteiger partial charge on any atom is -0.288 e. The SMILES string of the molecule is O=C(NO)c1cn(CCc2ccccc2)nn1. The fraction of sp³-hybridized carbons (Fsp3) is 0.182. The molecule has 0 saturated carbocycles. The number of carbonyl (C=O) groups is 1. The Labute approximate surface area is 97.8 Å². The molecule has 0 unspecified atom stereocenters. The third-order valence-corrected chi connectivity index (χ3v) is 2.35. The van der Waals surface area contributed by atoms with Crippen molar-refractivity contribution in [2.45, 2.75) is 13.0 Å². The summed E-state index contributed by atoms with van der Waals surface area (Å²) in [6.45, 7) is 0.635. The molecular formula is C11H12N4O2. The molecule has 0 spiro atoms. The Bertz CT molecular complexity index is 495. The molecule has 17 heavy (non-hydrogen) atoms. The van der Waals surface area contributed by atoms with Crippen molar-refractivity contribution in [1.29, 1.82) is 0 Å². The maximum Gasteiger partial charge on any atom is 0.296 e. The molecule has 2 N–H and O–H groups in total. The average Bonchev–Trinajstić information content (AvgIpc) is 2.85. The summed E-state index contributed by atoms with van der Waals surface area (Å²) in [4.78, 5) is 11.0. The Morgan fingerprint density at radius 3 is 2.82 bits per heavy atom. The van der Waals surface area contributed by atoms with Gasteiger partial charge < -0.3 is 0 Å². The second kappa shape index (κ2) is 5.22. The number of carbonyl (C=O) groups excluding carboxylic acids is 1. The number of hydrogen-bond acceptors (Lipinski definition) is 4. The van der Waals surface area contributed by atoms with E-state index in [1.165, 1.54) is 17.2 Å². The third-order valence-electron chi connectivity index (χ3n) is 2.35. The molecular weight excluding hydrogens is 220 g/mol. The van der Waals surface area contributed by atoms with E-state index in [-0.39, 0.29) is 5.69 Å². The molecule has 0 fully saturated rings. The summed E-state index contributed by atoms with van der Waals surface area (Å²) >= 11 is 0. The molecule has 1 heterocycles. The molecule has 0 bridgehead atoms. The lowest BCUT2D eigenvalue weighted by Crippen LogP contribution is -2.18. The van der Waals surface area contributed by atoms with Gasteiger partial charge in [-0.25, -0.2) is 5.48 Å². The second-order valence-electron chi connectivity index (χ2n) is 3.54. The van der Waals surface area contributed by atoms with Crippen molar-refractivity contribution in [3.8, 4) is 0 Å². The predicted molar refractivity (Wildman–Crippen MR) is 59.4 cm³/mol. The van der Waals surface area contributed by atoms with E-state index in [0.29, 0.717) is 6.54 Å². The highest BCUT2D eigenvalue weighted by atomic mass is 16.5. The van der Waals surface area contributed by atoms with Crippen LogP contribution in [0.1, 0.15) is 16.1 Å². The van der Waals surface area contributed by atoms with Crippen molar-refractivity contribution in [2.75, 3.05) is 0 Å². The molecule has 2 rings (SSSR count). The van der Waals surface area contributed by atoms with E-state index in [2.05, 4.69) is 10.3 Å². The molecule has 1 aromatic carbocycles. The highest BCUT2D eigenvalue weighted by Gasteiger charge is 2.08. The van der Waals surface area contributed by atoms with E-state index < -0.39 is 5.91 Å². The summed E-state index contributed by atoms with van der Waals surface area (Å²) in [6, 6.07) is 9.96. The lowest BCUT2D eigenvalue weighted by molar-refractivity contribution is 0.0700. The largest absolute Gasteiger partial charge is 0.296 e. The average molecular weight is 232 g/mol. The van der Waals surface area contributed by atoms with Crippen LogP contribution in [0.15, 0.2) is 36.5 Å². The zero-order valence-corrected chi connectivity index (χ0v) is 9.08. The van der Waals surface area contributed by atoms with Gasteiger partial charge in [-0.1, -0.05) is 35.5 Å². The van der Waals surface area contributed by atoms with Crippen molar-refractivity contribution in [2.24, 2.45) is 0 Å². The Morgan fingerprint density at radius 2 is 2.12 bits per heavy atom. The van der Waals surface area contributed by atoms with Crippen molar-refractivity contribution in [3.05, 3.63) is 47.8 Å². The first-order valence-electron chi connectivity index (χ1n) is 5.18. The second-order valence-corrected chi connectivity index (χ2v) is 3.54. The van der Waals surface area contributed by atoms with E-state index >= 15 is 0 Å². The van der Waals surface area contributed by atoms with Crippen LogP contribution in [-0.4, -0.2) is 26.1 Å². The number of hydrogen-bond donors (Lipinski definition) is 2. The van der Waals surface area contributed by atoms with Gasteiger partial charge in [-0.3, -0.25) is 14.7 Å². The van der Waals surface area contributed by atoms with Crippen LogP contribution in [0.4, 0.5) is 0 Å². The van der Waals surface area contributed by atoms with Gasteiger partial charge in [0.2, 0.25) is 0 Å². The van der Waals surface area contributed by atoms with Crippen molar-refractivity contribution >= 4 is 5.91 Å². The molecule has 0 saturated heterocycles. The lowest BCUT2D eigenvalue weighted by atomic mass is 10.1. The summed E-state index contributed by atoms with van der Waals surface area (Å²) in [7, 11) is 0. The molecule has 0 aliphatic carbocycles. The van der Waals surface area contributed by atoms with Crippen LogP contribution >= 0.6 is 0 Å². The zero-order chi connectivity index (χ0) is 12.1. The van der Waals surface area contributed by atoms with Gasteiger partial charge in [0.15, 0.2) is 5.69 Å². The van der Waals surface area contributed by atoms with E-state index in [1.54, 1.807) is 4.68 Å². The van der Waals surface area contributed by atoms with Gasteiger partial charge in [0, 0.05) is 6.54 Å². The molecule has 0 aliphatic heterocycles. The normalized spacial score (nSPS) is 10.2. The van der Waals surface area contributed by atoms with Gasteiger partial charge in [-0.05, 0) is 12.0 Å². The van der Waals surface area contributed by atoms with Crippen molar-refractivity contribution in [1.82, 2.24) is 20.5 Å². The molecule has 6 heteroatoms. The van der Waals surface area contributed by atoms with Crippen LogP contribution < -0.4 is 5.48 Å². The third kappa shape index (κ3) is 2.88. The van der Waals surface area contributed by atoms with Gasteiger partial charge in [0.1, 0.15) is 0 Å². The van der Waals surface area contributed by atoms with Crippen LogP contribution in [0.2, 0.25) is 0 Å². The van der Waals surface area contributed by atoms with Gasteiger partial charge in [0.25, 0.3) is 5.91 Å². The molecule has 1 amide bonds. The maximum atomic E-state index is 11.0. The van der Waals surface area contributed by atoms with Crippen LogP contribution in [0, 0.1) is 0 Å². The fourth-order valence-electron chi connectivity index (χ4n) is 1.46. The first-order chi connectivity index (χ1) is 8.29. The predicted octanol–water partition coefficient (Wildman–Crippen LogP) is 0.640. The summed E-state index contributed by atoms with van der Waals surface area (Å²) in [5, 5.41) is 15.9. The summed E-state index contributed by atoms with van der Waals surface area (Å²) < 4.78 is 1.57. The lowest BCUT2D eigenvalue weighted by Gasteiger charge is -2.00. The maximum absolute atomic E-state index is 11.0. The van der Waals surface area contributed by atoms with E-state index in [1.807, 2.05) is 30.3 Å². The Hall–Kier alpha value is -2.21. The summed E-state index contributed by atoms with van der Waals surface area (Å²) in [5.41, 5.74) is 2.80. The van der Waals surface area contributed by atoms with Crippen LogP contribution in [0.5, 0.6) is 0 Å². The highest BCUT2D eigenvalue weighted by molar-refractivity contribution is 5.90. The highest BCUT2D eigenvalue weighted by Crippen LogP contribution is 2.01. The van der Waals surface area contributed by atoms with E-state index in [4.69, 9.17) is 5.21 Å². The monoisotopic (exact) mass is 232 g/mol. The molecule has 6 nitrogen and oxygen atoms in total. The quantitative estimate of drug-likeness (QED) is 0.599. The summed E-state index contributed by atoms with van der Waals surface area (Å²) in [5.74, 6) is -0.657. The topological polar surface area (TPSA) is 80.0 Å². The smallest absolute Gasteiger partial charge is 0.288 e. The molecule has 0 atom stereocenters. The number of amides is 1. The number of nitrogens with one attached hydrogen (secondary N) is 1. The number of aromatic nitrogens is 3. The molecule has 2 aromatic rings. The first-order valence-corrected chi connectivity index (χ1v) is 5.18. The van der Waals surface area contributed by atoms with Gasteiger partial charge >= 0.3 is 0 Å². The van der Waals surface area contributed by atoms with Crippen LogP contribution in [-0.2, 0) is 13.0 Å². The van der Waals surface area contributed by atoms with E-state index in [0.717, 1.165) is 6.42 Å². The van der Waals surface area contributed by atoms with E-state index in [9.17, 15) is 4.79 Å². The number of nitrogens with zero attached hydrogens (tertiary/aromatic N) is 3. The van der Waals surface area contributed by atoms with Crippen LogP contribution in [0.3, 0.4) is 0 Å². The number of aryl methyl sites for hydroxylation is 2. The zero-order valence-electron chi connectivity index (χ0n) is 9.08.